The van der Waals surface area contributed by atoms with Crippen molar-refractivity contribution in [3.05, 3.63) is 48.4 Å². The second-order valence-electron chi connectivity index (χ2n) is 6.92. The maximum Gasteiger partial charge on any atom is 0.223 e. The number of nitrogens with zero attached hydrogens (tertiary/aromatic N) is 1. The number of hydrogen-bond acceptors (Lipinski definition) is 5. The summed E-state index contributed by atoms with van der Waals surface area (Å²) < 4.78 is 34.0. The zero-order valence-electron chi connectivity index (χ0n) is 15.6. The van der Waals surface area contributed by atoms with Gasteiger partial charge >= 0.3 is 0 Å². The molecule has 1 amide bonds. The number of benzene rings is 1. The Hall–Kier alpha value is -2.28. The van der Waals surface area contributed by atoms with Crippen molar-refractivity contribution in [2.75, 3.05) is 12.9 Å². The molecule has 0 aliphatic heterocycles. The first-order chi connectivity index (χ1) is 12.9. The summed E-state index contributed by atoms with van der Waals surface area (Å²) in [6, 6.07) is 10.3. The van der Waals surface area contributed by atoms with Crippen LogP contribution in [-0.4, -0.2) is 38.1 Å². The average molecular weight is 391 g/mol. The highest BCUT2D eigenvalue weighted by Crippen LogP contribution is 2.35. The molecular formula is C20H25NO5S. The molecule has 1 heterocycles. The van der Waals surface area contributed by atoms with Crippen molar-refractivity contribution in [2.24, 2.45) is 0 Å². The summed E-state index contributed by atoms with van der Waals surface area (Å²) >= 11 is 0. The largest absolute Gasteiger partial charge is 0.494 e. The molecule has 0 spiro atoms. The van der Waals surface area contributed by atoms with Crippen LogP contribution < -0.4 is 4.74 Å². The van der Waals surface area contributed by atoms with Gasteiger partial charge in [-0.15, -0.1) is 0 Å². The van der Waals surface area contributed by atoms with Gasteiger partial charge in [-0.2, -0.15) is 0 Å². The fourth-order valence-corrected chi connectivity index (χ4v) is 3.71. The van der Waals surface area contributed by atoms with E-state index in [4.69, 9.17) is 9.15 Å². The molecule has 0 N–H and O–H groups in total. The highest BCUT2D eigenvalue weighted by molar-refractivity contribution is 7.90. The number of carbonyl (C=O) groups excluding carboxylic acids is 1. The highest BCUT2D eigenvalue weighted by atomic mass is 32.2. The highest BCUT2D eigenvalue weighted by Gasteiger charge is 2.36. The van der Waals surface area contributed by atoms with E-state index >= 15 is 0 Å². The van der Waals surface area contributed by atoms with Crippen molar-refractivity contribution in [3.63, 3.8) is 0 Å². The van der Waals surface area contributed by atoms with Crippen LogP contribution in [0.1, 0.15) is 44.4 Å². The fraction of sp³-hybridized carbons (Fsp3) is 0.450. The number of carbonyl (C=O) groups is 1. The SMILES string of the molecule is CC(c1ccco1)N(C(=O)CCCOc1ccc(S(C)(=O)=O)cc1)C1CC1. The third kappa shape index (κ3) is 5.13. The number of sulfone groups is 1. The van der Waals surface area contributed by atoms with Gasteiger partial charge < -0.3 is 14.1 Å². The molecule has 27 heavy (non-hydrogen) atoms. The Morgan fingerprint density at radius 3 is 2.52 bits per heavy atom. The summed E-state index contributed by atoms with van der Waals surface area (Å²) in [6.45, 7) is 2.40. The van der Waals surface area contributed by atoms with Crippen LogP contribution in [0.5, 0.6) is 5.75 Å². The van der Waals surface area contributed by atoms with Crippen LogP contribution in [0.25, 0.3) is 0 Å². The lowest BCUT2D eigenvalue weighted by atomic mass is 10.2. The monoisotopic (exact) mass is 391 g/mol. The minimum Gasteiger partial charge on any atom is -0.494 e. The molecule has 1 fully saturated rings. The molecule has 1 aliphatic carbocycles. The lowest BCUT2D eigenvalue weighted by molar-refractivity contribution is -0.134. The van der Waals surface area contributed by atoms with E-state index < -0.39 is 9.84 Å². The summed E-state index contributed by atoms with van der Waals surface area (Å²) in [5.74, 6) is 1.51. The van der Waals surface area contributed by atoms with Gasteiger partial charge in [0.1, 0.15) is 11.5 Å². The van der Waals surface area contributed by atoms with E-state index in [0.29, 0.717) is 31.2 Å². The van der Waals surface area contributed by atoms with Gasteiger partial charge in [0.05, 0.1) is 23.8 Å². The van der Waals surface area contributed by atoms with E-state index in [1.165, 1.54) is 18.4 Å². The molecule has 1 aliphatic rings. The molecule has 0 radical (unpaired) electrons. The molecule has 7 heteroatoms. The van der Waals surface area contributed by atoms with Gasteiger partial charge in [0.15, 0.2) is 9.84 Å². The molecular weight excluding hydrogens is 366 g/mol. The molecule has 1 aromatic carbocycles. The molecule has 0 saturated heterocycles. The normalized spacial score (nSPS) is 15.3. The van der Waals surface area contributed by atoms with Gasteiger partial charge in [0.25, 0.3) is 0 Å². The lowest BCUT2D eigenvalue weighted by Crippen LogP contribution is -2.35. The zero-order chi connectivity index (χ0) is 19.4. The maximum absolute atomic E-state index is 12.7. The molecule has 1 aromatic heterocycles. The van der Waals surface area contributed by atoms with Gasteiger partial charge in [-0.05, 0) is 62.6 Å². The fourth-order valence-electron chi connectivity index (χ4n) is 3.08. The summed E-state index contributed by atoms with van der Waals surface area (Å²) in [5, 5.41) is 0. The Labute approximate surface area is 160 Å². The Morgan fingerprint density at radius 1 is 1.26 bits per heavy atom. The second kappa shape index (κ2) is 8.17. The molecule has 6 nitrogen and oxygen atoms in total. The molecule has 1 unspecified atom stereocenters. The summed E-state index contributed by atoms with van der Waals surface area (Å²) in [5.41, 5.74) is 0. The number of rotatable bonds is 9. The smallest absolute Gasteiger partial charge is 0.223 e. The van der Waals surface area contributed by atoms with E-state index in [9.17, 15) is 13.2 Å². The first-order valence-electron chi connectivity index (χ1n) is 9.14. The predicted octanol–water partition coefficient (Wildman–Crippen LogP) is 3.59. The number of hydrogen-bond donors (Lipinski definition) is 0. The standard InChI is InChI=1S/C20H25NO5S/c1-15(19-5-3-14-26-19)21(16-7-8-16)20(22)6-4-13-25-17-9-11-18(12-10-17)27(2,23)24/h3,5,9-12,14-16H,4,6-8,13H2,1-2H3. The lowest BCUT2D eigenvalue weighted by Gasteiger charge is -2.28. The minimum atomic E-state index is -3.21. The predicted molar refractivity (Wildman–Crippen MR) is 101 cm³/mol. The van der Waals surface area contributed by atoms with Crippen molar-refractivity contribution in [1.29, 1.82) is 0 Å². The van der Waals surface area contributed by atoms with E-state index in [0.717, 1.165) is 18.6 Å². The molecule has 1 atom stereocenters. The van der Waals surface area contributed by atoms with Crippen molar-refractivity contribution in [2.45, 2.75) is 49.6 Å². The molecule has 1 saturated carbocycles. The van der Waals surface area contributed by atoms with Gasteiger partial charge in [-0.3, -0.25) is 4.79 Å². The van der Waals surface area contributed by atoms with E-state index in [-0.39, 0.29) is 16.8 Å². The van der Waals surface area contributed by atoms with Crippen LogP contribution in [-0.2, 0) is 14.6 Å². The van der Waals surface area contributed by atoms with Crippen LogP contribution >= 0.6 is 0 Å². The van der Waals surface area contributed by atoms with Crippen LogP contribution in [0.4, 0.5) is 0 Å². The van der Waals surface area contributed by atoms with Crippen LogP contribution in [0.2, 0.25) is 0 Å². The Morgan fingerprint density at radius 2 is 1.96 bits per heavy atom. The first kappa shape index (κ1) is 19.5. The summed E-state index contributed by atoms with van der Waals surface area (Å²) in [6.07, 6.45) is 5.89. The summed E-state index contributed by atoms with van der Waals surface area (Å²) in [7, 11) is -3.21. The number of furan rings is 1. The number of amides is 1. The van der Waals surface area contributed by atoms with Crippen LogP contribution in [0.15, 0.2) is 52.0 Å². The maximum atomic E-state index is 12.7. The van der Waals surface area contributed by atoms with E-state index in [1.54, 1.807) is 18.4 Å². The Kier molecular flexibility index (Phi) is 5.89. The average Bonchev–Trinajstić information content (AvgIpc) is 3.30. The van der Waals surface area contributed by atoms with Gasteiger partial charge in [0.2, 0.25) is 5.91 Å². The molecule has 0 bridgehead atoms. The number of ether oxygens (including phenoxy) is 1. The van der Waals surface area contributed by atoms with Crippen molar-refractivity contribution >= 4 is 15.7 Å². The molecule has 3 rings (SSSR count). The van der Waals surface area contributed by atoms with E-state index in [2.05, 4.69) is 0 Å². The van der Waals surface area contributed by atoms with Gasteiger partial charge in [0, 0.05) is 18.7 Å². The van der Waals surface area contributed by atoms with Gasteiger partial charge in [-0.1, -0.05) is 0 Å². The minimum absolute atomic E-state index is 0.0653. The van der Waals surface area contributed by atoms with Gasteiger partial charge in [-0.25, -0.2) is 8.42 Å². The topological polar surface area (TPSA) is 76.8 Å². The second-order valence-corrected chi connectivity index (χ2v) is 8.93. The Bertz CT molecular complexity index is 854. The third-order valence-corrected chi connectivity index (χ3v) is 5.78. The Balaban J connectivity index is 1.48. The molecule has 2 aromatic rings. The zero-order valence-corrected chi connectivity index (χ0v) is 16.4. The van der Waals surface area contributed by atoms with Crippen molar-refractivity contribution in [1.82, 2.24) is 4.90 Å². The molecule has 146 valence electrons. The van der Waals surface area contributed by atoms with Crippen molar-refractivity contribution < 1.29 is 22.4 Å². The van der Waals surface area contributed by atoms with E-state index in [1.807, 2.05) is 24.0 Å². The first-order valence-corrected chi connectivity index (χ1v) is 11.0. The summed E-state index contributed by atoms with van der Waals surface area (Å²) in [4.78, 5) is 14.9. The van der Waals surface area contributed by atoms with Crippen LogP contribution in [0, 0.1) is 0 Å². The quantitative estimate of drug-likeness (QED) is 0.611. The van der Waals surface area contributed by atoms with Crippen molar-refractivity contribution in [3.8, 4) is 5.75 Å². The van der Waals surface area contributed by atoms with Crippen LogP contribution in [0.3, 0.4) is 0 Å². The third-order valence-electron chi connectivity index (χ3n) is 4.66.